The van der Waals surface area contributed by atoms with E-state index in [9.17, 15) is 0 Å². The normalized spacial score (nSPS) is 22.7. The lowest BCUT2D eigenvalue weighted by atomic mass is 10.1. The van der Waals surface area contributed by atoms with Crippen molar-refractivity contribution in [3.8, 4) is 0 Å². The maximum atomic E-state index is 5.58. The zero-order valence-electron chi connectivity index (χ0n) is 7.91. The molecule has 1 aliphatic rings. The Morgan fingerprint density at radius 2 is 2.25 bits per heavy atom. The van der Waals surface area contributed by atoms with Gasteiger partial charge in [0.1, 0.15) is 11.9 Å². The number of hydrogen-bond acceptors (Lipinski definition) is 2. The Kier molecular flexibility index (Phi) is 3.35. The fourth-order valence-corrected chi connectivity index (χ4v) is 1.19. The predicted molar refractivity (Wildman–Crippen MR) is 48.9 cm³/mol. The predicted octanol–water partition coefficient (Wildman–Crippen LogP) is 2.27. The SMILES string of the molecule is COC1CC=CC=C1OC(C)C. The molecule has 0 radical (unpaired) electrons. The second-order valence-electron chi connectivity index (χ2n) is 3.12. The largest absolute Gasteiger partial charge is 0.493 e. The van der Waals surface area contributed by atoms with Crippen molar-refractivity contribution in [3.63, 3.8) is 0 Å². The van der Waals surface area contributed by atoms with Crippen LogP contribution in [-0.4, -0.2) is 19.3 Å². The van der Waals surface area contributed by atoms with Crippen LogP contribution in [0.5, 0.6) is 0 Å². The highest BCUT2D eigenvalue weighted by atomic mass is 16.5. The first-order chi connectivity index (χ1) is 5.74. The Labute approximate surface area is 73.9 Å². The quantitative estimate of drug-likeness (QED) is 0.643. The average Bonchev–Trinajstić information content (AvgIpc) is 2.04. The Morgan fingerprint density at radius 1 is 1.50 bits per heavy atom. The molecular weight excluding hydrogens is 152 g/mol. The molecule has 0 amide bonds. The summed E-state index contributed by atoms with van der Waals surface area (Å²) in [5.41, 5.74) is 0. The van der Waals surface area contributed by atoms with Gasteiger partial charge in [0.05, 0.1) is 6.10 Å². The van der Waals surface area contributed by atoms with Crippen LogP contribution in [0.15, 0.2) is 24.0 Å². The number of ether oxygens (including phenoxy) is 2. The third kappa shape index (κ3) is 2.38. The molecule has 0 aliphatic heterocycles. The summed E-state index contributed by atoms with van der Waals surface area (Å²) in [4.78, 5) is 0. The molecule has 0 saturated carbocycles. The summed E-state index contributed by atoms with van der Waals surface area (Å²) in [6.07, 6.45) is 7.30. The minimum atomic E-state index is 0.109. The summed E-state index contributed by atoms with van der Waals surface area (Å²) >= 11 is 0. The molecule has 1 rings (SSSR count). The summed E-state index contributed by atoms with van der Waals surface area (Å²) in [6, 6.07) is 0. The molecule has 1 aliphatic carbocycles. The first-order valence-electron chi connectivity index (χ1n) is 4.30. The summed E-state index contributed by atoms with van der Waals surface area (Å²) in [6.45, 7) is 4.04. The second-order valence-corrected chi connectivity index (χ2v) is 3.12. The van der Waals surface area contributed by atoms with Crippen LogP contribution >= 0.6 is 0 Å². The molecule has 12 heavy (non-hydrogen) atoms. The minimum Gasteiger partial charge on any atom is -0.493 e. The van der Waals surface area contributed by atoms with Crippen LogP contribution in [0.3, 0.4) is 0 Å². The van der Waals surface area contributed by atoms with Gasteiger partial charge in [-0.2, -0.15) is 0 Å². The van der Waals surface area contributed by atoms with Crippen LogP contribution in [0.25, 0.3) is 0 Å². The van der Waals surface area contributed by atoms with Gasteiger partial charge in [0.15, 0.2) is 0 Å². The van der Waals surface area contributed by atoms with E-state index in [1.54, 1.807) is 7.11 Å². The van der Waals surface area contributed by atoms with E-state index in [0.29, 0.717) is 0 Å². The minimum absolute atomic E-state index is 0.109. The molecule has 0 aromatic carbocycles. The van der Waals surface area contributed by atoms with Crippen molar-refractivity contribution >= 4 is 0 Å². The molecule has 68 valence electrons. The van der Waals surface area contributed by atoms with Gasteiger partial charge in [0.2, 0.25) is 0 Å². The van der Waals surface area contributed by atoms with Crippen molar-refractivity contribution in [2.75, 3.05) is 7.11 Å². The Balaban J connectivity index is 2.57. The van der Waals surface area contributed by atoms with E-state index in [0.717, 1.165) is 12.2 Å². The standard InChI is InChI=1S/C10H16O2/c1-8(2)12-10-7-5-4-6-9(10)11-3/h4-5,7-9H,6H2,1-3H3. The molecule has 0 aromatic heterocycles. The highest BCUT2D eigenvalue weighted by Gasteiger charge is 2.16. The topological polar surface area (TPSA) is 18.5 Å². The van der Waals surface area contributed by atoms with Crippen LogP contribution in [0.2, 0.25) is 0 Å². The lowest BCUT2D eigenvalue weighted by molar-refractivity contribution is 0.0419. The van der Waals surface area contributed by atoms with Crippen molar-refractivity contribution in [1.82, 2.24) is 0 Å². The van der Waals surface area contributed by atoms with Gasteiger partial charge in [0, 0.05) is 7.11 Å². The zero-order chi connectivity index (χ0) is 8.97. The lowest BCUT2D eigenvalue weighted by Gasteiger charge is -2.22. The number of methoxy groups -OCH3 is 1. The molecule has 0 saturated heterocycles. The lowest BCUT2D eigenvalue weighted by Crippen LogP contribution is -2.19. The fourth-order valence-electron chi connectivity index (χ4n) is 1.19. The van der Waals surface area contributed by atoms with Gasteiger partial charge in [-0.05, 0) is 26.3 Å². The van der Waals surface area contributed by atoms with Gasteiger partial charge < -0.3 is 9.47 Å². The average molecular weight is 168 g/mol. The maximum Gasteiger partial charge on any atom is 0.125 e. The van der Waals surface area contributed by atoms with Gasteiger partial charge in [-0.15, -0.1) is 0 Å². The molecule has 0 fully saturated rings. The molecule has 2 heteroatoms. The van der Waals surface area contributed by atoms with Crippen LogP contribution < -0.4 is 0 Å². The molecule has 2 nitrogen and oxygen atoms in total. The van der Waals surface area contributed by atoms with E-state index in [2.05, 4.69) is 6.08 Å². The third-order valence-corrected chi connectivity index (χ3v) is 1.72. The van der Waals surface area contributed by atoms with E-state index in [1.165, 1.54) is 0 Å². The Bertz CT molecular complexity index is 192. The first kappa shape index (κ1) is 9.33. The number of rotatable bonds is 3. The van der Waals surface area contributed by atoms with Crippen LogP contribution in [0.4, 0.5) is 0 Å². The van der Waals surface area contributed by atoms with Crippen LogP contribution in [0.1, 0.15) is 20.3 Å². The number of hydrogen-bond donors (Lipinski definition) is 0. The molecule has 0 heterocycles. The smallest absolute Gasteiger partial charge is 0.125 e. The molecule has 0 N–H and O–H groups in total. The van der Waals surface area contributed by atoms with Crippen LogP contribution in [0, 0.1) is 0 Å². The van der Waals surface area contributed by atoms with Crippen molar-refractivity contribution in [3.05, 3.63) is 24.0 Å². The number of allylic oxidation sites excluding steroid dienone is 2. The van der Waals surface area contributed by atoms with Crippen molar-refractivity contribution in [1.29, 1.82) is 0 Å². The molecule has 1 unspecified atom stereocenters. The zero-order valence-corrected chi connectivity index (χ0v) is 7.91. The molecule has 0 bridgehead atoms. The molecular formula is C10H16O2. The monoisotopic (exact) mass is 168 g/mol. The van der Waals surface area contributed by atoms with E-state index in [-0.39, 0.29) is 12.2 Å². The van der Waals surface area contributed by atoms with Gasteiger partial charge in [0.25, 0.3) is 0 Å². The highest BCUT2D eigenvalue weighted by Crippen LogP contribution is 2.18. The van der Waals surface area contributed by atoms with E-state index in [1.807, 2.05) is 26.0 Å². The van der Waals surface area contributed by atoms with E-state index >= 15 is 0 Å². The summed E-state index contributed by atoms with van der Waals surface area (Å²) < 4.78 is 10.8. The Morgan fingerprint density at radius 3 is 2.83 bits per heavy atom. The summed E-state index contributed by atoms with van der Waals surface area (Å²) in [7, 11) is 1.71. The molecule has 0 aromatic rings. The van der Waals surface area contributed by atoms with Crippen molar-refractivity contribution < 1.29 is 9.47 Å². The van der Waals surface area contributed by atoms with Crippen molar-refractivity contribution in [2.24, 2.45) is 0 Å². The van der Waals surface area contributed by atoms with E-state index < -0.39 is 0 Å². The third-order valence-electron chi connectivity index (χ3n) is 1.72. The van der Waals surface area contributed by atoms with Gasteiger partial charge in [-0.25, -0.2) is 0 Å². The van der Waals surface area contributed by atoms with E-state index in [4.69, 9.17) is 9.47 Å². The van der Waals surface area contributed by atoms with Gasteiger partial charge in [-0.3, -0.25) is 0 Å². The van der Waals surface area contributed by atoms with Gasteiger partial charge in [-0.1, -0.05) is 12.2 Å². The molecule has 0 spiro atoms. The second kappa shape index (κ2) is 4.31. The van der Waals surface area contributed by atoms with Crippen LogP contribution in [-0.2, 0) is 9.47 Å². The van der Waals surface area contributed by atoms with Crippen molar-refractivity contribution in [2.45, 2.75) is 32.5 Å². The maximum absolute atomic E-state index is 5.58. The highest BCUT2D eigenvalue weighted by molar-refractivity contribution is 5.17. The fraction of sp³-hybridized carbons (Fsp3) is 0.600. The first-order valence-corrected chi connectivity index (χ1v) is 4.30. The molecule has 1 atom stereocenters. The summed E-state index contributed by atoms with van der Waals surface area (Å²) in [5.74, 6) is 0.940. The Hall–Kier alpha value is -0.760. The van der Waals surface area contributed by atoms with Gasteiger partial charge >= 0.3 is 0 Å². The summed E-state index contributed by atoms with van der Waals surface area (Å²) in [5, 5.41) is 0.